The van der Waals surface area contributed by atoms with Crippen LogP contribution in [0.2, 0.25) is 0 Å². The molecular weight excluding hydrogens is 377 g/mol. The highest BCUT2D eigenvalue weighted by molar-refractivity contribution is 5.91. The molecule has 0 spiro atoms. The van der Waals surface area contributed by atoms with Crippen LogP contribution in [0.1, 0.15) is 37.1 Å². The predicted molar refractivity (Wildman–Crippen MR) is 103 cm³/mol. The average Bonchev–Trinajstić information content (AvgIpc) is 3.46. The van der Waals surface area contributed by atoms with Gasteiger partial charge in [-0.25, -0.2) is 19.0 Å². The Labute approximate surface area is 166 Å². The van der Waals surface area contributed by atoms with E-state index in [-0.39, 0.29) is 24.8 Å². The summed E-state index contributed by atoms with van der Waals surface area (Å²) in [7, 11) is 1.53. The molecule has 150 valence electrons. The topological polar surface area (TPSA) is 91.2 Å². The molecular formula is C20H20FN5O3. The number of hydrogen-bond acceptors (Lipinski definition) is 6. The van der Waals surface area contributed by atoms with E-state index < -0.39 is 5.67 Å². The second-order valence-corrected chi connectivity index (χ2v) is 7.55. The molecule has 0 bridgehead atoms. The number of fused-ring (bicyclic) bond motifs is 1. The molecule has 0 radical (unpaired) electrons. The van der Waals surface area contributed by atoms with E-state index >= 15 is 0 Å². The highest BCUT2D eigenvalue weighted by Gasteiger charge is 2.43. The van der Waals surface area contributed by atoms with Crippen LogP contribution in [-0.4, -0.2) is 46.0 Å². The van der Waals surface area contributed by atoms with Crippen LogP contribution in [0.4, 0.5) is 10.2 Å². The van der Waals surface area contributed by atoms with E-state index in [1.165, 1.54) is 14.0 Å². The highest BCUT2D eigenvalue weighted by atomic mass is 19.1. The number of anilines is 1. The van der Waals surface area contributed by atoms with Crippen LogP contribution < -0.4 is 10.1 Å². The largest absolute Gasteiger partial charge is 0.497 e. The zero-order chi connectivity index (χ0) is 20.2. The third-order valence-electron chi connectivity index (χ3n) is 5.22. The molecule has 3 aromatic rings. The van der Waals surface area contributed by atoms with E-state index in [1.807, 2.05) is 0 Å². The Morgan fingerprint density at radius 1 is 1.34 bits per heavy atom. The van der Waals surface area contributed by atoms with Crippen molar-refractivity contribution in [3.05, 3.63) is 35.8 Å². The summed E-state index contributed by atoms with van der Waals surface area (Å²) < 4.78 is 27.1. The number of alkyl halides is 1. The Kier molecular flexibility index (Phi) is 4.02. The van der Waals surface area contributed by atoms with Crippen molar-refractivity contribution in [2.45, 2.75) is 31.4 Å². The molecule has 0 unspecified atom stereocenters. The van der Waals surface area contributed by atoms with Crippen molar-refractivity contribution in [2.75, 3.05) is 25.6 Å². The first-order valence-electron chi connectivity index (χ1n) is 9.47. The number of nitrogens with zero attached hydrogens (tertiary/aromatic N) is 4. The maximum absolute atomic E-state index is 15.0. The van der Waals surface area contributed by atoms with E-state index in [0.717, 1.165) is 29.4 Å². The number of methoxy groups -OCH3 is 1. The summed E-state index contributed by atoms with van der Waals surface area (Å²) in [5, 5.41) is 8.37. The monoisotopic (exact) mass is 397 g/mol. The van der Waals surface area contributed by atoms with E-state index in [1.54, 1.807) is 29.1 Å². The quantitative estimate of drug-likeness (QED) is 0.712. The Balaban J connectivity index is 1.69. The van der Waals surface area contributed by atoms with Crippen LogP contribution in [0.15, 0.2) is 24.4 Å². The molecule has 0 aromatic carbocycles. The number of carbonyl (C=O) groups is 1. The van der Waals surface area contributed by atoms with Crippen molar-refractivity contribution in [2.24, 2.45) is 0 Å². The molecule has 5 rings (SSSR count). The average molecular weight is 397 g/mol. The van der Waals surface area contributed by atoms with Crippen LogP contribution in [-0.2, 0) is 15.2 Å². The summed E-state index contributed by atoms with van der Waals surface area (Å²) in [6.07, 6.45) is 3.86. The number of carbonyl (C=O) groups excluding carboxylic acids is 1. The normalized spacial score (nSPS) is 17.8. The van der Waals surface area contributed by atoms with E-state index in [9.17, 15) is 9.18 Å². The number of nitrogens with one attached hydrogen (secondary N) is 1. The second kappa shape index (κ2) is 6.48. The van der Waals surface area contributed by atoms with Gasteiger partial charge >= 0.3 is 0 Å². The predicted octanol–water partition coefficient (Wildman–Crippen LogP) is 2.85. The number of hydrogen-bond donors (Lipinski definition) is 1. The van der Waals surface area contributed by atoms with Gasteiger partial charge in [0.1, 0.15) is 11.6 Å². The fourth-order valence-corrected chi connectivity index (χ4v) is 3.49. The second-order valence-electron chi connectivity index (χ2n) is 7.55. The van der Waals surface area contributed by atoms with Crippen LogP contribution in [0.25, 0.3) is 16.7 Å². The van der Waals surface area contributed by atoms with Gasteiger partial charge in [0.15, 0.2) is 11.5 Å². The third kappa shape index (κ3) is 3.11. The van der Waals surface area contributed by atoms with Gasteiger partial charge in [-0.1, -0.05) is 0 Å². The summed E-state index contributed by atoms with van der Waals surface area (Å²) >= 11 is 0. The number of rotatable bonds is 5. The van der Waals surface area contributed by atoms with Gasteiger partial charge < -0.3 is 14.8 Å². The van der Waals surface area contributed by atoms with Gasteiger partial charge in [-0.2, -0.15) is 5.10 Å². The minimum Gasteiger partial charge on any atom is -0.497 e. The number of pyridine rings is 2. The fourth-order valence-electron chi connectivity index (χ4n) is 3.49. The highest BCUT2D eigenvalue weighted by Crippen LogP contribution is 2.43. The molecule has 1 amide bonds. The molecule has 2 aliphatic rings. The molecule has 1 aliphatic carbocycles. The van der Waals surface area contributed by atoms with Crippen molar-refractivity contribution in [1.29, 1.82) is 0 Å². The van der Waals surface area contributed by atoms with Gasteiger partial charge in [0.05, 0.1) is 37.2 Å². The summed E-state index contributed by atoms with van der Waals surface area (Å²) in [6, 6.07) is 5.06. The summed E-state index contributed by atoms with van der Waals surface area (Å²) in [5.74, 6) is 1.52. The molecule has 1 aliphatic heterocycles. The molecule has 29 heavy (non-hydrogen) atoms. The van der Waals surface area contributed by atoms with Gasteiger partial charge in [-0.15, -0.1) is 0 Å². The van der Waals surface area contributed by atoms with Crippen molar-refractivity contribution in [1.82, 2.24) is 19.7 Å². The minimum atomic E-state index is -1.63. The van der Waals surface area contributed by atoms with Crippen molar-refractivity contribution in [3.8, 4) is 11.6 Å². The lowest BCUT2D eigenvalue weighted by atomic mass is 9.99. The van der Waals surface area contributed by atoms with Crippen molar-refractivity contribution in [3.63, 3.8) is 0 Å². The van der Waals surface area contributed by atoms with Crippen molar-refractivity contribution < 1.29 is 18.7 Å². The van der Waals surface area contributed by atoms with E-state index in [2.05, 4.69) is 15.3 Å². The van der Waals surface area contributed by atoms with Gasteiger partial charge in [0, 0.05) is 42.6 Å². The van der Waals surface area contributed by atoms with Gasteiger partial charge in [-0.3, -0.25) is 4.79 Å². The summed E-state index contributed by atoms with van der Waals surface area (Å²) in [4.78, 5) is 20.3. The number of halogens is 1. The Bertz CT molecular complexity index is 1120. The molecule has 1 N–H and O–H groups in total. The first-order chi connectivity index (χ1) is 14.0. The van der Waals surface area contributed by atoms with Crippen LogP contribution in [0.3, 0.4) is 0 Å². The lowest BCUT2D eigenvalue weighted by Gasteiger charge is -2.33. The smallest absolute Gasteiger partial charge is 0.222 e. The third-order valence-corrected chi connectivity index (χ3v) is 5.22. The molecule has 4 heterocycles. The standard InChI is InChI=1S/C20H20FN5O3/c1-11(27)23-17-7-15-14(8-22-17)19(12-3-4-12)25-26(15)18-6-13(28-2)5-16(24-18)20(21)9-29-10-20/h5-8,12H,3-4,9-10H2,1-2H3,(H,22,23,27). The van der Waals surface area contributed by atoms with Crippen molar-refractivity contribution >= 4 is 22.6 Å². The molecule has 2 fully saturated rings. The summed E-state index contributed by atoms with van der Waals surface area (Å²) in [5.41, 5.74) is 0.310. The molecule has 9 heteroatoms. The lowest BCUT2D eigenvalue weighted by Crippen LogP contribution is -2.43. The number of aromatic nitrogens is 4. The van der Waals surface area contributed by atoms with Crippen LogP contribution >= 0.6 is 0 Å². The maximum atomic E-state index is 15.0. The van der Waals surface area contributed by atoms with E-state index in [0.29, 0.717) is 23.3 Å². The first-order valence-corrected chi connectivity index (χ1v) is 9.47. The Morgan fingerprint density at radius 3 is 2.76 bits per heavy atom. The Morgan fingerprint density at radius 2 is 2.14 bits per heavy atom. The SMILES string of the molecule is COc1cc(-n2nc(C3CC3)c3cnc(NC(C)=O)cc32)nc(C2(F)COC2)c1. The minimum absolute atomic E-state index is 0.0314. The molecule has 0 atom stereocenters. The molecule has 8 nitrogen and oxygen atoms in total. The number of amides is 1. The number of ether oxygens (including phenoxy) is 2. The van der Waals surface area contributed by atoms with Gasteiger partial charge in [-0.05, 0) is 12.8 Å². The van der Waals surface area contributed by atoms with Crippen LogP contribution in [0.5, 0.6) is 5.75 Å². The zero-order valence-electron chi connectivity index (χ0n) is 16.1. The Hall–Kier alpha value is -3.07. The molecule has 3 aromatic heterocycles. The van der Waals surface area contributed by atoms with E-state index in [4.69, 9.17) is 14.6 Å². The zero-order valence-corrected chi connectivity index (χ0v) is 16.1. The fraction of sp³-hybridized carbons (Fsp3) is 0.400. The van der Waals surface area contributed by atoms with Crippen LogP contribution in [0, 0.1) is 0 Å². The molecule has 1 saturated heterocycles. The lowest BCUT2D eigenvalue weighted by molar-refractivity contribution is -0.137. The summed E-state index contributed by atoms with van der Waals surface area (Å²) in [6.45, 7) is 1.36. The van der Waals surface area contributed by atoms with Gasteiger partial charge in [0.2, 0.25) is 5.91 Å². The first kappa shape index (κ1) is 18.0. The maximum Gasteiger partial charge on any atom is 0.222 e. The van der Waals surface area contributed by atoms with Gasteiger partial charge in [0.25, 0.3) is 0 Å². The molecule has 1 saturated carbocycles.